The highest BCUT2D eigenvalue weighted by Gasteiger charge is 2.20. The molecule has 3 aromatic heterocycles. The first-order valence-corrected chi connectivity index (χ1v) is 9.23. The van der Waals surface area contributed by atoms with E-state index >= 15 is 0 Å². The third kappa shape index (κ3) is 1.53. The van der Waals surface area contributed by atoms with Crippen LogP contribution in [-0.4, -0.2) is 15.0 Å². The Morgan fingerprint density at radius 3 is 1.30 bits per heavy atom. The predicted molar refractivity (Wildman–Crippen MR) is 115 cm³/mol. The van der Waals surface area contributed by atoms with Gasteiger partial charge in [0.05, 0.1) is 16.6 Å². The summed E-state index contributed by atoms with van der Waals surface area (Å²) in [7, 11) is 0. The van der Waals surface area contributed by atoms with E-state index in [9.17, 15) is 0 Å². The lowest BCUT2D eigenvalue weighted by atomic mass is 10.0. The number of hydrogen-bond donors (Lipinski definition) is 3. The molecule has 0 amide bonds. The van der Waals surface area contributed by atoms with Crippen molar-refractivity contribution in [2.24, 2.45) is 0 Å². The lowest BCUT2D eigenvalue weighted by Crippen LogP contribution is -1.77. The number of para-hydroxylation sites is 3. The quantitative estimate of drug-likeness (QED) is 0.278. The van der Waals surface area contributed by atoms with Crippen LogP contribution < -0.4 is 0 Å². The van der Waals surface area contributed by atoms with Crippen molar-refractivity contribution in [3.05, 3.63) is 72.8 Å². The van der Waals surface area contributed by atoms with E-state index in [1.165, 1.54) is 65.4 Å². The van der Waals surface area contributed by atoms with Crippen LogP contribution in [0.3, 0.4) is 0 Å². The fraction of sp³-hybridized carbons (Fsp3) is 0. The van der Waals surface area contributed by atoms with Gasteiger partial charge >= 0.3 is 0 Å². The molecule has 0 bridgehead atoms. The van der Waals surface area contributed by atoms with Gasteiger partial charge in [0.1, 0.15) is 0 Å². The number of H-pyrrole nitrogens is 3. The van der Waals surface area contributed by atoms with E-state index in [1.54, 1.807) is 0 Å². The van der Waals surface area contributed by atoms with Crippen molar-refractivity contribution >= 4 is 65.4 Å². The molecule has 7 aromatic rings. The molecule has 0 saturated carbocycles. The highest BCUT2D eigenvalue weighted by Crippen LogP contribution is 2.43. The number of fused-ring (bicyclic) bond motifs is 12. The topological polar surface area (TPSA) is 47.4 Å². The van der Waals surface area contributed by atoms with Crippen LogP contribution in [0.2, 0.25) is 0 Å². The van der Waals surface area contributed by atoms with Gasteiger partial charge in [-0.1, -0.05) is 54.6 Å². The summed E-state index contributed by atoms with van der Waals surface area (Å²) in [4.78, 5) is 11.1. The first-order chi connectivity index (χ1) is 13.4. The molecule has 0 aliphatic rings. The SMILES string of the molecule is c1ccc2c(c1)[nH]c1c3[nH]c4ccccc4c3c3c4ccccc4[nH]c3c21. The monoisotopic (exact) mass is 345 g/mol. The minimum atomic E-state index is 1.17. The van der Waals surface area contributed by atoms with Gasteiger partial charge < -0.3 is 15.0 Å². The average molecular weight is 345 g/mol. The zero-order chi connectivity index (χ0) is 17.5. The summed E-state index contributed by atoms with van der Waals surface area (Å²) < 4.78 is 0. The molecule has 0 spiro atoms. The van der Waals surface area contributed by atoms with E-state index in [0.717, 1.165) is 0 Å². The van der Waals surface area contributed by atoms with E-state index in [0.29, 0.717) is 0 Å². The fourth-order valence-electron chi connectivity index (χ4n) is 4.77. The maximum atomic E-state index is 3.71. The Morgan fingerprint density at radius 1 is 0.370 bits per heavy atom. The van der Waals surface area contributed by atoms with E-state index in [4.69, 9.17) is 0 Å². The molecular formula is C24H15N3. The molecule has 0 aliphatic carbocycles. The molecule has 3 N–H and O–H groups in total. The van der Waals surface area contributed by atoms with Gasteiger partial charge in [0.25, 0.3) is 0 Å². The van der Waals surface area contributed by atoms with Crippen LogP contribution in [0.25, 0.3) is 65.4 Å². The molecule has 4 aromatic carbocycles. The van der Waals surface area contributed by atoms with Crippen LogP contribution in [0, 0.1) is 0 Å². The summed E-state index contributed by atoms with van der Waals surface area (Å²) in [5.41, 5.74) is 7.07. The van der Waals surface area contributed by atoms with E-state index in [2.05, 4.69) is 87.7 Å². The number of hydrogen-bond acceptors (Lipinski definition) is 0. The van der Waals surface area contributed by atoms with Crippen molar-refractivity contribution < 1.29 is 0 Å². The molecule has 0 atom stereocenters. The Balaban J connectivity index is 1.96. The minimum absolute atomic E-state index is 1.17. The highest BCUT2D eigenvalue weighted by atomic mass is 14.8. The van der Waals surface area contributed by atoms with Gasteiger partial charge in [0.2, 0.25) is 0 Å². The van der Waals surface area contributed by atoms with Crippen LogP contribution in [-0.2, 0) is 0 Å². The molecule has 3 heteroatoms. The first kappa shape index (κ1) is 13.5. The van der Waals surface area contributed by atoms with Crippen molar-refractivity contribution in [2.45, 2.75) is 0 Å². The third-order valence-electron chi connectivity index (χ3n) is 5.87. The molecule has 7 rings (SSSR count). The summed E-state index contributed by atoms with van der Waals surface area (Å²) in [6, 6.07) is 25.7. The van der Waals surface area contributed by atoms with Gasteiger partial charge in [-0.15, -0.1) is 0 Å². The standard InChI is InChI=1S/C24H15N3/c1-4-10-16-13(7-1)19-20-14-8-2-5-11-17(14)26-23(20)24-21(22(19)25-16)15-9-3-6-12-18(15)27-24/h1-12,25-27H. The molecule has 3 heterocycles. The van der Waals surface area contributed by atoms with Gasteiger partial charge in [0, 0.05) is 48.9 Å². The number of nitrogens with one attached hydrogen (secondary N) is 3. The Morgan fingerprint density at radius 2 is 0.741 bits per heavy atom. The second-order valence-corrected chi connectivity index (χ2v) is 7.26. The zero-order valence-electron chi connectivity index (χ0n) is 14.4. The number of aromatic nitrogens is 3. The summed E-state index contributed by atoms with van der Waals surface area (Å²) >= 11 is 0. The van der Waals surface area contributed by atoms with Gasteiger partial charge in [-0.2, -0.15) is 0 Å². The normalized spacial score (nSPS) is 12.4. The molecule has 126 valence electrons. The summed E-state index contributed by atoms with van der Waals surface area (Å²) in [5.74, 6) is 0. The van der Waals surface area contributed by atoms with E-state index in [-0.39, 0.29) is 0 Å². The predicted octanol–water partition coefficient (Wildman–Crippen LogP) is 6.59. The zero-order valence-corrected chi connectivity index (χ0v) is 14.4. The van der Waals surface area contributed by atoms with Crippen molar-refractivity contribution in [1.82, 2.24) is 15.0 Å². The second-order valence-electron chi connectivity index (χ2n) is 7.26. The average Bonchev–Trinajstić information content (AvgIpc) is 3.38. The largest absolute Gasteiger partial charge is 0.354 e. The molecule has 0 radical (unpaired) electrons. The van der Waals surface area contributed by atoms with Crippen LogP contribution in [0.4, 0.5) is 0 Å². The van der Waals surface area contributed by atoms with E-state index in [1.807, 2.05) is 0 Å². The smallest absolute Gasteiger partial charge is 0.0732 e. The van der Waals surface area contributed by atoms with Crippen LogP contribution in [0.15, 0.2) is 72.8 Å². The first-order valence-electron chi connectivity index (χ1n) is 9.23. The minimum Gasteiger partial charge on any atom is -0.354 e. The Kier molecular flexibility index (Phi) is 2.25. The van der Waals surface area contributed by atoms with Gasteiger partial charge in [0.15, 0.2) is 0 Å². The summed E-state index contributed by atoms with van der Waals surface area (Å²) in [6.07, 6.45) is 0. The third-order valence-corrected chi connectivity index (χ3v) is 5.87. The molecule has 0 aliphatic heterocycles. The lowest BCUT2D eigenvalue weighted by Gasteiger charge is -2.00. The van der Waals surface area contributed by atoms with Crippen molar-refractivity contribution in [3.8, 4) is 0 Å². The lowest BCUT2D eigenvalue weighted by molar-refractivity contribution is 1.51. The van der Waals surface area contributed by atoms with Crippen molar-refractivity contribution in [2.75, 3.05) is 0 Å². The number of benzene rings is 4. The molecule has 0 saturated heterocycles. The highest BCUT2D eigenvalue weighted by molar-refractivity contribution is 6.39. The molecule has 0 fully saturated rings. The molecule has 27 heavy (non-hydrogen) atoms. The van der Waals surface area contributed by atoms with Gasteiger partial charge in [-0.05, 0) is 18.2 Å². The Bertz CT molecular complexity index is 1670. The van der Waals surface area contributed by atoms with Crippen molar-refractivity contribution in [1.29, 1.82) is 0 Å². The molecule has 0 unspecified atom stereocenters. The van der Waals surface area contributed by atoms with Crippen molar-refractivity contribution in [3.63, 3.8) is 0 Å². The Hall–Kier alpha value is -3.72. The van der Waals surface area contributed by atoms with Gasteiger partial charge in [-0.25, -0.2) is 0 Å². The van der Waals surface area contributed by atoms with Crippen LogP contribution in [0.5, 0.6) is 0 Å². The van der Waals surface area contributed by atoms with Gasteiger partial charge in [-0.3, -0.25) is 0 Å². The maximum absolute atomic E-state index is 3.71. The maximum Gasteiger partial charge on any atom is 0.0732 e. The fourth-order valence-corrected chi connectivity index (χ4v) is 4.77. The summed E-state index contributed by atoms with van der Waals surface area (Å²) in [5, 5.41) is 7.64. The Labute approximate surface area is 153 Å². The number of aromatic amines is 3. The van der Waals surface area contributed by atoms with Crippen LogP contribution >= 0.6 is 0 Å². The molecule has 3 nitrogen and oxygen atoms in total. The van der Waals surface area contributed by atoms with Crippen LogP contribution in [0.1, 0.15) is 0 Å². The number of rotatable bonds is 0. The summed E-state index contributed by atoms with van der Waals surface area (Å²) in [6.45, 7) is 0. The van der Waals surface area contributed by atoms with E-state index < -0.39 is 0 Å². The second kappa shape index (κ2) is 4.51. The molecular weight excluding hydrogens is 330 g/mol.